The smallest absolute Gasteiger partial charge is 0.278 e. The van der Waals surface area contributed by atoms with Gasteiger partial charge in [0, 0.05) is 16.3 Å². The third kappa shape index (κ3) is 4.69. The Morgan fingerprint density at radius 2 is 1.77 bits per heavy atom. The molecule has 5 nitrogen and oxygen atoms in total. The number of amides is 2. The monoisotopic (exact) mass is 446 g/mol. The van der Waals surface area contributed by atoms with Gasteiger partial charge in [-0.2, -0.15) is 0 Å². The minimum Gasteiger partial charge on any atom is -0.377 e. The van der Waals surface area contributed by atoms with Crippen molar-refractivity contribution >= 4 is 46.3 Å². The van der Waals surface area contributed by atoms with E-state index in [1.54, 1.807) is 18.2 Å². The van der Waals surface area contributed by atoms with E-state index in [1.165, 1.54) is 4.90 Å². The minimum atomic E-state index is -0.413. The Balaban J connectivity index is 2.03. The van der Waals surface area contributed by atoms with Crippen molar-refractivity contribution in [1.82, 2.24) is 4.90 Å². The number of hydrogen-bond acceptors (Lipinski definition) is 4. The van der Waals surface area contributed by atoms with Gasteiger partial charge in [-0.25, -0.2) is 0 Å². The quantitative estimate of drug-likeness (QED) is 0.591. The SMILES string of the molecule is Cc1ccc(NC2=C(c3ccc(Cl)cc3Cl)C(=O)N(CCOC(C)C)C2=O)c(C)c1. The van der Waals surface area contributed by atoms with Gasteiger partial charge >= 0.3 is 0 Å². The fraction of sp³-hybridized carbons (Fsp3) is 0.304. The lowest BCUT2D eigenvalue weighted by atomic mass is 10.0. The Morgan fingerprint density at radius 1 is 1.03 bits per heavy atom. The lowest BCUT2D eigenvalue weighted by Crippen LogP contribution is -2.35. The van der Waals surface area contributed by atoms with Crippen molar-refractivity contribution in [3.05, 3.63) is 68.8 Å². The first-order valence-electron chi connectivity index (χ1n) is 9.70. The summed E-state index contributed by atoms with van der Waals surface area (Å²) in [5, 5.41) is 3.93. The predicted molar refractivity (Wildman–Crippen MR) is 121 cm³/mol. The number of anilines is 1. The molecule has 2 aromatic rings. The van der Waals surface area contributed by atoms with Gasteiger partial charge in [-0.05, 0) is 51.5 Å². The lowest BCUT2D eigenvalue weighted by Gasteiger charge is -2.17. The van der Waals surface area contributed by atoms with Crippen LogP contribution in [0.5, 0.6) is 0 Å². The van der Waals surface area contributed by atoms with E-state index in [0.29, 0.717) is 15.6 Å². The maximum atomic E-state index is 13.2. The molecule has 0 aromatic heterocycles. The van der Waals surface area contributed by atoms with Crippen LogP contribution in [0.15, 0.2) is 42.1 Å². The number of ether oxygens (including phenoxy) is 1. The van der Waals surface area contributed by atoms with Crippen LogP contribution in [0.3, 0.4) is 0 Å². The van der Waals surface area contributed by atoms with Gasteiger partial charge in [0.05, 0.1) is 29.9 Å². The molecule has 1 aliphatic heterocycles. The molecular weight excluding hydrogens is 423 g/mol. The van der Waals surface area contributed by atoms with Gasteiger partial charge in [-0.1, -0.05) is 47.0 Å². The van der Waals surface area contributed by atoms with Crippen molar-refractivity contribution in [2.45, 2.75) is 33.8 Å². The first-order chi connectivity index (χ1) is 14.2. The molecule has 0 aliphatic carbocycles. The number of hydrogen-bond donors (Lipinski definition) is 1. The van der Waals surface area contributed by atoms with Gasteiger partial charge in [-0.3, -0.25) is 14.5 Å². The van der Waals surface area contributed by atoms with E-state index in [0.717, 1.165) is 16.8 Å². The second-order valence-electron chi connectivity index (χ2n) is 7.50. The maximum Gasteiger partial charge on any atom is 0.278 e. The fourth-order valence-electron chi connectivity index (χ4n) is 3.31. The zero-order valence-electron chi connectivity index (χ0n) is 17.4. The average Bonchev–Trinajstić information content (AvgIpc) is 2.88. The van der Waals surface area contributed by atoms with E-state index < -0.39 is 11.8 Å². The molecule has 158 valence electrons. The van der Waals surface area contributed by atoms with Crippen molar-refractivity contribution in [1.29, 1.82) is 0 Å². The number of halogens is 2. The Hall–Kier alpha value is -2.34. The van der Waals surface area contributed by atoms with E-state index in [2.05, 4.69) is 5.32 Å². The summed E-state index contributed by atoms with van der Waals surface area (Å²) >= 11 is 12.4. The standard InChI is InChI=1S/C23H24Cl2N2O3/c1-13(2)30-10-9-27-22(28)20(17-7-6-16(24)12-18(17)25)21(23(27)29)26-19-8-5-14(3)11-15(19)4/h5-8,11-13,26H,9-10H2,1-4H3. The highest BCUT2D eigenvalue weighted by Gasteiger charge is 2.39. The normalized spacial score (nSPS) is 14.3. The molecule has 0 bridgehead atoms. The van der Waals surface area contributed by atoms with E-state index in [4.69, 9.17) is 27.9 Å². The molecule has 2 aromatic carbocycles. The summed E-state index contributed by atoms with van der Waals surface area (Å²) in [6, 6.07) is 10.7. The Morgan fingerprint density at radius 3 is 2.40 bits per heavy atom. The molecule has 30 heavy (non-hydrogen) atoms. The van der Waals surface area contributed by atoms with Crippen LogP contribution in [0.25, 0.3) is 5.57 Å². The van der Waals surface area contributed by atoms with Gasteiger partial charge in [0.1, 0.15) is 5.70 Å². The highest BCUT2D eigenvalue weighted by molar-refractivity contribution is 6.41. The Bertz CT molecular complexity index is 1030. The zero-order valence-corrected chi connectivity index (χ0v) is 18.9. The first-order valence-corrected chi connectivity index (χ1v) is 10.5. The molecule has 0 fully saturated rings. The van der Waals surface area contributed by atoms with Crippen molar-refractivity contribution in [3.8, 4) is 0 Å². The number of aryl methyl sites for hydroxylation is 2. The van der Waals surface area contributed by atoms with Crippen LogP contribution in [0.1, 0.15) is 30.5 Å². The molecule has 1 heterocycles. The number of nitrogens with one attached hydrogen (secondary N) is 1. The average molecular weight is 447 g/mol. The largest absolute Gasteiger partial charge is 0.377 e. The van der Waals surface area contributed by atoms with E-state index >= 15 is 0 Å². The second-order valence-corrected chi connectivity index (χ2v) is 8.34. The molecule has 0 atom stereocenters. The van der Waals surface area contributed by atoms with E-state index in [-0.39, 0.29) is 30.5 Å². The lowest BCUT2D eigenvalue weighted by molar-refractivity contribution is -0.137. The topological polar surface area (TPSA) is 58.6 Å². The molecule has 0 unspecified atom stereocenters. The highest BCUT2D eigenvalue weighted by Crippen LogP contribution is 2.35. The third-order valence-electron chi connectivity index (χ3n) is 4.78. The summed E-state index contributed by atoms with van der Waals surface area (Å²) in [6.07, 6.45) is 0.00347. The fourth-order valence-corrected chi connectivity index (χ4v) is 3.81. The van der Waals surface area contributed by atoms with Gasteiger partial charge in [-0.15, -0.1) is 0 Å². The van der Waals surface area contributed by atoms with Crippen LogP contribution in [-0.2, 0) is 14.3 Å². The molecule has 0 saturated heterocycles. The predicted octanol–water partition coefficient (Wildman–Crippen LogP) is 5.23. The minimum absolute atomic E-state index is 0.00347. The van der Waals surface area contributed by atoms with Crippen LogP contribution < -0.4 is 5.32 Å². The third-order valence-corrected chi connectivity index (χ3v) is 5.32. The van der Waals surface area contributed by atoms with Gasteiger partial charge in [0.25, 0.3) is 11.8 Å². The van der Waals surface area contributed by atoms with Crippen LogP contribution in [0.2, 0.25) is 10.0 Å². The first kappa shape index (κ1) is 22.3. The molecule has 7 heteroatoms. The number of benzene rings is 2. The molecular formula is C23H24Cl2N2O3. The maximum absolute atomic E-state index is 13.2. The summed E-state index contributed by atoms with van der Waals surface area (Å²) in [6.45, 7) is 8.15. The van der Waals surface area contributed by atoms with Gasteiger partial charge in [0.2, 0.25) is 0 Å². The van der Waals surface area contributed by atoms with E-state index in [1.807, 2.05) is 45.9 Å². The summed E-state index contributed by atoms with van der Waals surface area (Å²) in [5.41, 5.74) is 3.70. The van der Waals surface area contributed by atoms with Crippen LogP contribution >= 0.6 is 23.2 Å². The van der Waals surface area contributed by atoms with Crippen LogP contribution in [-0.4, -0.2) is 36.0 Å². The Labute approximate surface area is 186 Å². The zero-order chi connectivity index (χ0) is 22.0. The summed E-state index contributed by atoms with van der Waals surface area (Å²) in [5.74, 6) is -0.822. The van der Waals surface area contributed by atoms with Gasteiger partial charge < -0.3 is 10.1 Å². The van der Waals surface area contributed by atoms with Crippen molar-refractivity contribution in [2.24, 2.45) is 0 Å². The van der Waals surface area contributed by atoms with E-state index in [9.17, 15) is 9.59 Å². The number of imide groups is 1. The number of nitrogens with zero attached hydrogens (tertiary/aromatic N) is 1. The molecule has 0 radical (unpaired) electrons. The number of carbonyl (C=O) groups excluding carboxylic acids is 2. The molecule has 1 N–H and O–H groups in total. The van der Waals surface area contributed by atoms with Gasteiger partial charge in [0.15, 0.2) is 0 Å². The molecule has 2 amide bonds. The molecule has 3 rings (SSSR count). The van der Waals surface area contributed by atoms with Crippen molar-refractivity contribution in [3.63, 3.8) is 0 Å². The molecule has 1 aliphatic rings. The molecule has 0 saturated carbocycles. The summed E-state index contributed by atoms with van der Waals surface area (Å²) < 4.78 is 5.54. The Kier molecular flexibility index (Phi) is 6.86. The second kappa shape index (κ2) is 9.21. The molecule has 0 spiro atoms. The summed E-state index contributed by atoms with van der Waals surface area (Å²) in [7, 11) is 0. The van der Waals surface area contributed by atoms with Crippen molar-refractivity contribution < 1.29 is 14.3 Å². The number of carbonyl (C=O) groups is 2. The highest BCUT2D eigenvalue weighted by atomic mass is 35.5. The van der Waals surface area contributed by atoms with Crippen molar-refractivity contribution in [2.75, 3.05) is 18.5 Å². The van der Waals surface area contributed by atoms with Crippen LogP contribution in [0.4, 0.5) is 5.69 Å². The van der Waals surface area contributed by atoms with Crippen LogP contribution in [0, 0.1) is 13.8 Å². The number of rotatable bonds is 7. The summed E-state index contributed by atoms with van der Waals surface area (Å²) in [4.78, 5) is 27.6.